The van der Waals surface area contributed by atoms with Crippen molar-refractivity contribution in [1.29, 1.82) is 10.5 Å². The van der Waals surface area contributed by atoms with E-state index in [2.05, 4.69) is 62.0 Å². The molecule has 0 unspecified atom stereocenters. The molecule has 4 aromatic rings. The molecule has 1 aliphatic carbocycles. The van der Waals surface area contributed by atoms with E-state index in [0.717, 1.165) is 160 Å². The van der Waals surface area contributed by atoms with Crippen LogP contribution in [0.3, 0.4) is 0 Å². The number of nitrogens with one attached hydrogen (secondary N) is 1. The van der Waals surface area contributed by atoms with Crippen LogP contribution in [-0.2, 0) is 18.3 Å². The van der Waals surface area contributed by atoms with Gasteiger partial charge in [0.2, 0.25) is 12.1 Å². The number of aryl methyl sites for hydroxylation is 2. The van der Waals surface area contributed by atoms with Gasteiger partial charge in [-0.1, -0.05) is 11.6 Å². The van der Waals surface area contributed by atoms with E-state index in [4.69, 9.17) is 22.3 Å². The first-order valence-corrected chi connectivity index (χ1v) is 26.7. The Kier molecular flexibility index (Phi) is 14.3. The van der Waals surface area contributed by atoms with Crippen LogP contribution in [0.4, 0.5) is 31.5 Å². The Hall–Kier alpha value is -6.12. The smallest absolute Gasteiger partial charge is 0.264 e. The van der Waals surface area contributed by atoms with Crippen molar-refractivity contribution in [3.63, 3.8) is 0 Å². The summed E-state index contributed by atoms with van der Waals surface area (Å²) in [6, 6.07) is 21.1. The third-order valence-corrected chi connectivity index (χ3v) is 17.5. The highest BCUT2D eigenvalue weighted by Gasteiger charge is 2.44. The number of carbonyl (C=O) groups is 1. The van der Waals surface area contributed by atoms with Crippen molar-refractivity contribution < 1.29 is 18.3 Å². The molecule has 0 bridgehead atoms. The number of amides is 1. The third-order valence-electron chi connectivity index (χ3n) is 17.2. The number of amidine groups is 1. The summed E-state index contributed by atoms with van der Waals surface area (Å²) in [4.78, 5) is 29.5. The molecule has 3 N–H and O–H groups in total. The molecule has 1 spiro atoms. The fourth-order valence-electron chi connectivity index (χ4n) is 13.2. The summed E-state index contributed by atoms with van der Waals surface area (Å²) in [7, 11) is 1.85. The number of hydrogen-bond acceptors (Lipinski definition) is 8. The second-order valence-corrected chi connectivity index (χ2v) is 22.2. The number of nitriles is 2. The predicted octanol–water partition coefficient (Wildman–Crippen LogP) is 10.2. The summed E-state index contributed by atoms with van der Waals surface area (Å²) in [5.74, 6) is 1.97. The van der Waals surface area contributed by atoms with E-state index >= 15 is 0 Å². The Morgan fingerprint density at radius 1 is 0.903 bits per heavy atom. The summed E-state index contributed by atoms with van der Waals surface area (Å²) in [5, 5.41) is 23.4. The van der Waals surface area contributed by atoms with Gasteiger partial charge in [0.15, 0.2) is 7.05 Å². The lowest BCUT2D eigenvalue weighted by Crippen LogP contribution is -2.45. The number of nitrogens with zero attached hydrogens (tertiary/aromatic N) is 9. The highest BCUT2D eigenvalue weighted by molar-refractivity contribution is 6.32. The number of anilines is 4. The molecule has 4 fully saturated rings. The average molecular weight is 998 g/mol. The van der Waals surface area contributed by atoms with Gasteiger partial charge < -0.3 is 30.2 Å². The van der Waals surface area contributed by atoms with E-state index < -0.39 is 6.43 Å². The van der Waals surface area contributed by atoms with Crippen LogP contribution in [0.2, 0.25) is 5.02 Å². The second-order valence-electron chi connectivity index (χ2n) is 21.8. The Balaban J connectivity index is 0.763. The normalized spacial score (nSPS) is 22.9. The number of carbonyl (C=O) groups excluding carboxylic acids is 1. The number of nitrogens with two attached hydrogens (primary N) is 1. The molecule has 1 saturated carbocycles. The number of benzene rings is 3. The summed E-state index contributed by atoms with van der Waals surface area (Å²) in [6.45, 7) is 10.2. The van der Waals surface area contributed by atoms with E-state index in [1.165, 1.54) is 6.42 Å². The zero-order valence-corrected chi connectivity index (χ0v) is 42.9. The number of aromatic amines is 1. The predicted molar refractivity (Wildman–Crippen MR) is 281 cm³/mol. The number of halogens is 3. The Labute approximate surface area is 428 Å². The minimum Gasteiger partial charge on any atom is -0.402 e. The minimum atomic E-state index is -2.66. The fraction of sp³-hybridized carbons (Fsp3) is 0.526. The average Bonchev–Trinajstić information content (AvgIpc) is 3.97. The SMILES string of the molecule is CC(=O)N1CCC(N)=C(C(=NC2CCC(CC3CCN(c4ccc(N5CCC6(CC5)C[C@H](C)N(c5ccc(C#N)c(Cl)c5)C6)cc4C#N)CC3)CC2)N2CCCc3cc(-c4c[nH][n+](C)c4)c(C(F)F)cc32)C1. The number of H-pyrrole nitrogens is 1. The van der Waals surface area contributed by atoms with Gasteiger partial charge in [-0.05, 0) is 161 Å². The van der Waals surface area contributed by atoms with E-state index in [9.17, 15) is 24.1 Å². The highest BCUT2D eigenvalue weighted by atomic mass is 35.5. The molecule has 0 radical (unpaired) electrons. The molecule has 3 saturated heterocycles. The molecular weight excluding hydrogens is 928 g/mol. The van der Waals surface area contributed by atoms with E-state index in [1.54, 1.807) is 23.9 Å². The number of piperidine rings is 2. The van der Waals surface area contributed by atoms with Gasteiger partial charge in [-0.25, -0.2) is 8.78 Å². The molecule has 378 valence electrons. The van der Waals surface area contributed by atoms with Crippen LogP contribution in [-0.4, -0.2) is 86.2 Å². The Morgan fingerprint density at radius 2 is 1.64 bits per heavy atom. The number of aromatic nitrogens is 2. The van der Waals surface area contributed by atoms with Gasteiger partial charge in [0.25, 0.3) is 6.43 Å². The Bertz CT molecular complexity index is 2820. The maximum atomic E-state index is 14.9. The molecular formula is C57H69ClF2N11O+. The van der Waals surface area contributed by atoms with Gasteiger partial charge >= 0.3 is 0 Å². The van der Waals surface area contributed by atoms with E-state index in [-0.39, 0.29) is 22.9 Å². The quantitative estimate of drug-likeness (QED) is 0.0961. The molecule has 6 aliphatic rings. The zero-order chi connectivity index (χ0) is 50.3. The van der Waals surface area contributed by atoms with Crippen molar-refractivity contribution in [2.45, 2.75) is 116 Å². The number of aliphatic imine (C=N–C) groups is 1. The molecule has 1 aromatic heterocycles. The largest absolute Gasteiger partial charge is 0.402 e. The molecule has 10 rings (SSSR count). The highest BCUT2D eigenvalue weighted by Crippen LogP contribution is 2.47. The zero-order valence-electron chi connectivity index (χ0n) is 42.2. The summed E-state index contributed by atoms with van der Waals surface area (Å²) in [6.07, 6.45) is 13.9. The van der Waals surface area contributed by atoms with Crippen molar-refractivity contribution in [2.24, 2.45) is 35.0 Å². The lowest BCUT2D eigenvalue weighted by atomic mass is 9.76. The first kappa shape index (κ1) is 49.5. The van der Waals surface area contributed by atoms with Crippen molar-refractivity contribution >= 4 is 46.1 Å². The third kappa shape index (κ3) is 10.1. The number of fused-ring (bicyclic) bond motifs is 1. The first-order chi connectivity index (χ1) is 34.8. The molecule has 12 nitrogen and oxygen atoms in total. The topological polar surface area (TPSA) is 139 Å². The standard InChI is InChI=1S/C57H68ClF2N11O/c1-37-30-57(36-71(37)47-11-8-42(31-61)51(58)28-47)17-23-67(24-18-57)46-12-13-53(43(26-46)32-62)68-20-14-40(15-21-68)25-39-6-9-45(10-7-39)65-56(50-35-69(38(2)72)22-16-52(50)63)70-19-4-5-41-27-48(44-33-64-66(3)34-44)49(55(59)60)29-54(41)70/h8,11-13,26-29,33-34,37,39-40,45,55H,4-7,9-10,14-25,30,35-36H2,1-3H3,(H2,63,65)/p+1/t37-,39?,45?/m0/s1. The second kappa shape index (κ2) is 20.8. The van der Waals surface area contributed by atoms with Crippen LogP contribution < -0.4 is 30.0 Å². The van der Waals surface area contributed by atoms with Gasteiger partial charge in [-0.3, -0.25) is 9.79 Å². The maximum Gasteiger partial charge on any atom is 0.264 e. The maximum absolute atomic E-state index is 14.9. The van der Waals surface area contributed by atoms with Crippen molar-refractivity contribution in [3.8, 4) is 23.3 Å². The van der Waals surface area contributed by atoms with Gasteiger partial charge in [-0.15, -0.1) is 4.68 Å². The van der Waals surface area contributed by atoms with Crippen LogP contribution in [0.5, 0.6) is 0 Å². The molecule has 6 heterocycles. The van der Waals surface area contributed by atoms with Crippen LogP contribution >= 0.6 is 11.6 Å². The summed E-state index contributed by atoms with van der Waals surface area (Å²) in [5.41, 5.74) is 16.1. The Morgan fingerprint density at radius 3 is 2.32 bits per heavy atom. The lowest BCUT2D eigenvalue weighted by molar-refractivity contribution is -0.726. The van der Waals surface area contributed by atoms with Crippen molar-refractivity contribution in [1.82, 2.24) is 10.00 Å². The van der Waals surface area contributed by atoms with Gasteiger partial charge in [0.1, 0.15) is 18.0 Å². The van der Waals surface area contributed by atoms with E-state index in [0.29, 0.717) is 60.1 Å². The van der Waals surface area contributed by atoms with Crippen molar-refractivity contribution in [2.75, 3.05) is 72.0 Å². The molecule has 15 heteroatoms. The number of alkyl halides is 2. The van der Waals surface area contributed by atoms with E-state index in [1.807, 2.05) is 42.4 Å². The molecule has 1 amide bonds. The minimum absolute atomic E-state index is 0.00619. The van der Waals surface area contributed by atoms with Crippen LogP contribution in [0.15, 0.2) is 77.2 Å². The van der Waals surface area contributed by atoms with Crippen LogP contribution in [0.1, 0.15) is 120 Å². The monoisotopic (exact) mass is 997 g/mol. The lowest BCUT2D eigenvalue weighted by Gasteiger charge is -2.41. The van der Waals surface area contributed by atoms with Crippen molar-refractivity contribution in [3.05, 3.63) is 99.5 Å². The summed E-state index contributed by atoms with van der Waals surface area (Å²) >= 11 is 6.43. The van der Waals surface area contributed by atoms with Crippen LogP contribution in [0, 0.1) is 39.9 Å². The summed E-state index contributed by atoms with van der Waals surface area (Å²) < 4.78 is 31.6. The number of hydrogen-bond donors (Lipinski definition) is 2. The van der Waals surface area contributed by atoms with Crippen LogP contribution in [0.25, 0.3) is 11.1 Å². The molecule has 72 heavy (non-hydrogen) atoms. The fourth-order valence-corrected chi connectivity index (χ4v) is 13.4. The number of rotatable bonds is 9. The molecule has 5 aliphatic heterocycles. The van der Waals surface area contributed by atoms with Gasteiger partial charge in [0.05, 0.1) is 46.2 Å². The molecule has 3 aromatic carbocycles. The molecule has 1 atom stereocenters. The van der Waals surface area contributed by atoms with Gasteiger partial charge in [0, 0.05) is 99.1 Å². The van der Waals surface area contributed by atoms with Gasteiger partial charge in [-0.2, -0.15) is 15.6 Å². The first-order valence-electron chi connectivity index (χ1n) is 26.4.